The standard InChI is InChI=1S/C24H23FN6O2/c1-13(22(14-3-4-14)28-11-26-2)16-7-20-24(31-12-29-30-23(16)31)27-8-17-18(25)5-6-19-21(17)15(9-32-19)10-33-20/h5-7,11-12,14-15,27H,2-4,8-10H2,1H3/b22-13+,28-11-/t15-/m1/s1. The number of nitrogens with zero attached hydrogens (tertiary/aromatic N) is 5. The number of hydrogen-bond donors (Lipinski definition) is 1. The summed E-state index contributed by atoms with van der Waals surface area (Å²) in [7, 11) is 0. The first-order valence-corrected chi connectivity index (χ1v) is 11.0. The Morgan fingerprint density at radius 1 is 1.27 bits per heavy atom. The number of anilines is 1. The Kier molecular flexibility index (Phi) is 4.63. The van der Waals surface area contributed by atoms with Gasteiger partial charge in [-0.25, -0.2) is 9.38 Å². The Hall–Kier alpha value is -3.75. The van der Waals surface area contributed by atoms with Gasteiger partial charge in [0, 0.05) is 34.9 Å². The Bertz CT molecular complexity index is 1340. The Labute approximate surface area is 189 Å². The predicted octanol–water partition coefficient (Wildman–Crippen LogP) is 4.22. The largest absolute Gasteiger partial charge is 0.493 e. The highest BCUT2D eigenvalue weighted by molar-refractivity contribution is 5.81. The lowest BCUT2D eigenvalue weighted by atomic mass is 9.96. The number of aliphatic imine (C=N–C) groups is 2. The molecular formula is C24H23FN6O2. The lowest BCUT2D eigenvalue weighted by molar-refractivity contribution is 0.249. The number of pyridine rings is 1. The lowest BCUT2D eigenvalue weighted by Crippen LogP contribution is -2.13. The van der Waals surface area contributed by atoms with Gasteiger partial charge in [0.05, 0.1) is 19.1 Å². The number of benzene rings is 1. The van der Waals surface area contributed by atoms with Gasteiger partial charge >= 0.3 is 0 Å². The molecule has 3 aliphatic rings. The first-order valence-electron chi connectivity index (χ1n) is 11.0. The maximum Gasteiger partial charge on any atom is 0.170 e. The highest BCUT2D eigenvalue weighted by atomic mass is 19.1. The van der Waals surface area contributed by atoms with E-state index in [0.29, 0.717) is 48.5 Å². The van der Waals surface area contributed by atoms with Crippen LogP contribution >= 0.6 is 0 Å². The van der Waals surface area contributed by atoms with E-state index >= 15 is 0 Å². The van der Waals surface area contributed by atoms with E-state index in [0.717, 1.165) is 41.0 Å². The van der Waals surface area contributed by atoms with Crippen molar-refractivity contribution in [3.8, 4) is 11.5 Å². The lowest BCUT2D eigenvalue weighted by Gasteiger charge is -2.17. The number of nitrogens with one attached hydrogen (secondary N) is 1. The van der Waals surface area contributed by atoms with Crippen LogP contribution in [0.15, 0.2) is 40.2 Å². The van der Waals surface area contributed by atoms with Gasteiger partial charge in [-0.2, -0.15) is 0 Å². The van der Waals surface area contributed by atoms with Crippen LogP contribution in [0.3, 0.4) is 0 Å². The number of aromatic nitrogens is 3. The highest BCUT2D eigenvalue weighted by Gasteiger charge is 2.32. The van der Waals surface area contributed by atoms with Gasteiger partial charge in [-0.05, 0) is 50.3 Å². The molecule has 6 rings (SSSR count). The summed E-state index contributed by atoms with van der Waals surface area (Å²) >= 11 is 0. The topological polar surface area (TPSA) is 85.4 Å². The molecule has 1 fully saturated rings. The number of ether oxygens (including phenoxy) is 2. The molecule has 168 valence electrons. The number of rotatable bonds is 4. The SMILES string of the molecule is C=N/C=N\C(=C(/C)c1cc2c(n3cnnc13)NCc1c(F)ccc3c1[C@H](CO3)CO2)C1CC1. The second-order valence-electron chi connectivity index (χ2n) is 8.62. The van der Waals surface area contributed by atoms with Gasteiger partial charge in [0.2, 0.25) is 0 Å². The van der Waals surface area contributed by atoms with Crippen molar-refractivity contribution in [1.82, 2.24) is 14.6 Å². The molecule has 1 aromatic carbocycles. The molecule has 0 saturated heterocycles. The van der Waals surface area contributed by atoms with Crippen LogP contribution in [0.2, 0.25) is 0 Å². The molecule has 0 spiro atoms. The Balaban J connectivity index is 1.49. The van der Waals surface area contributed by atoms with E-state index in [4.69, 9.17) is 9.47 Å². The van der Waals surface area contributed by atoms with E-state index in [2.05, 4.69) is 32.2 Å². The van der Waals surface area contributed by atoms with Crippen molar-refractivity contribution in [3.63, 3.8) is 0 Å². The third-order valence-electron chi connectivity index (χ3n) is 6.55. The molecular weight excluding hydrogens is 423 g/mol. The van der Waals surface area contributed by atoms with E-state index in [1.54, 1.807) is 12.4 Å². The maximum absolute atomic E-state index is 14.8. The second kappa shape index (κ2) is 7.68. The van der Waals surface area contributed by atoms with Crippen molar-refractivity contribution in [3.05, 3.63) is 52.7 Å². The Morgan fingerprint density at radius 2 is 2.09 bits per heavy atom. The Morgan fingerprint density at radius 3 is 2.88 bits per heavy atom. The average molecular weight is 446 g/mol. The van der Waals surface area contributed by atoms with E-state index < -0.39 is 0 Å². The zero-order chi connectivity index (χ0) is 22.5. The van der Waals surface area contributed by atoms with Crippen molar-refractivity contribution < 1.29 is 13.9 Å². The molecule has 0 radical (unpaired) electrons. The molecule has 2 aromatic heterocycles. The predicted molar refractivity (Wildman–Crippen MR) is 124 cm³/mol. The van der Waals surface area contributed by atoms with Crippen LogP contribution in [0.5, 0.6) is 11.5 Å². The summed E-state index contributed by atoms with van der Waals surface area (Å²) in [6, 6.07) is 5.13. The van der Waals surface area contributed by atoms with Gasteiger partial charge in [0.15, 0.2) is 17.2 Å². The molecule has 4 heterocycles. The van der Waals surface area contributed by atoms with Crippen LogP contribution < -0.4 is 14.8 Å². The summed E-state index contributed by atoms with van der Waals surface area (Å²) in [6.45, 7) is 6.69. The molecule has 1 atom stereocenters. The van der Waals surface area contributed by atoms with Crippen molar-refractivity contribution in [2.24, 2.45) is 15.9 Å². The van der Waals surface area contributed by atoms with Gasteiger partial charge in [0.25, 0.3) is 0 Å². The molecule has 0 unspecified atom stereocenters. The third-order valence-corrected chi connectivity index (χ3v) is 6.55. The van der Waals surface area contributed by atoms with Gasteiger partial charge in [-0.15, -0.1) is 10.2 Å². The smallest absolute Gasteiger partial charge is 0.170 e. The molecule has 1 saturated carbocycles. The molecule has 8 nitrogen and oxygen atoms in total. The summed E-state index contributed by atoms with van der Waals surface area (Å²) < 4.78 is 28.7. The minimum Gasteiger partial charge on any atom is -0.493 e. The second-order valence-corrected chi connectivity index (χ2v) is 8.62. The summed E-state index contributed by atoms with van der Waals surface area (Å²) in [5.74, 6) is 2.18. The van der Waals surface area contributed by atoms with Crippen molar-refractivity contribution >= 4 is 30.1 Å². The minimum atomic E-state index is -0.252. The molecule has 9 heteroatoms. The highest BCUT2D eigenvalue weighted by Crippen LogP contribution is 2.44. The molecule has 2 aliphatic heterocycles. The monoisotopic (exact) mass is 446 g/mol. The van der Waals surface area contributed by atoms with Crippen LogP contribution in [-0.4, -0.2) is 40.9 Å². The molecule has 1 aliphatic carbocycles. The average Bonchev–Trinajstić information content (AvgIpc) is 3.36. The van der Waals surface area contributed by atoms with E-state index in [1.165, 1.54) is 12.4 Å². The molecule has 3 aromatic rings. The zero-order valence-corrected chi connectivity index (χ0v) is 18.2. The van der Waals surface area contributed by atoms with E-state index in [9.17, 15) is 4.39 Å². The van der Waals surface area contributed by atoms with Crippen LogP contribution in [-0.2, 0) is 6.54 Å². The summed E-state index contributed by atoms with van der Waals surface area (Å²) in [4.78, 5) is 8.34. The fraction of sp³-hybridized carbons (Fsp3) is 0.333. The van der Waals surface area contributed by atoms with Gasteiger partial charge in [0.1, 0.15) is 24.2 Å². The van der Waals surface area contributed by atoms with Crippen LogP contribution in [0.25, 0.3) is 11.2 Å². The first-order chi connectivity index (χ1) is 16.2. The molecule has 33 heavy (non-hydrogen) atoms. The zero-order valence-electron chi connectivity index (χ0n) is 18.2. The third kappa shape index (κ3) is 3.26. The summed E-state index contributed by atoms with van der Waals surface area (Å²) in [5.41, 5.74) is 5.04. The van der Waals surface area contributed by atoms with Crippen molar-refractivity contribution in [2.45, 2.75) is 32.2 Å². The quantitative estimate of drug-likeness (QED) is 0.479. The van der Waals surface area contributed by atoms with Crippen LogP contribution in [0, 0.1) is 11.7 Å². The fourth-order valence-corrected chi connectivity index (χ4v) is 4.77. The number of fused-ring (bicyclic) bond motifs is 3. The maximum atomic E-state index is 14.8. The number of halogens is 1. The number of allylic oxidation sites excluding steroid dienone is 2. The van der Waals surface area contributed by atoms with E-state index in [-0.39, 0.29) is 11.7 Å². The molecule has 0 bridgehead atoms. The molecule has 0 amide bonds. The number of hydrogen-bond acceptors (Lipinski definition) is 6. The normalized spacial score (nSPS) is 20.0. The minimum absolute atomic E-state index is 0.0413. The first kappa shape index (κ1) is 19.9. The van der Waals surface area contributed by atoms with Crippen molar-refractivity contribution in [2.75, 3.05) is 18.5 Å². The van der Waals surface area contributed by atoms with Gasteiger partial charge in [-0.1, -0.05) is 0 Å². The van der Waals surface area contributed by atoms with Crippen LogP contribution in [0.4, 0.5) is 10.2 Å². The van der Waals surface area contributed by atoms with Gasteiger partial charge < -0.3 is 14.8 Å². The fourth-order valence-electron chi connectivity index (χ4n) is 4.77. The van der Waals surface area contributed by atoms with Crippen molar-refractivity contribution in [1.29, 1.82) is 0 Å². The molecule has 1 N–H and O–H groups in total. The van der Waals surface area contributed by atoms with Gasteiger partial charge in [-0.3, -0.25) is 9.39 Å². The summed E-state index contributed by atoms with van der Waals surface area (Å²) in [6.07, 6.45) is 5.32. The van der Waals surface area contributed by atoms with E-state index in [1.807, 2.05) is 17.4 Å². The van der Waals surface area contributed by atoms with Crippen LogP contribution in [0.1, 0.15) is 42.4 Å². The summed E-state index contributed by atoms with van der Waals surface area (Å²) in [5, 5.41) is 11.9.